The third-order valence-electron chi connectivity index (χ3n) is 5.88. The summed E-state index contributed by atoms with van der Waals surface area (Å²) in [5, 5.41) is 0.711. The molecule has 1 fully saturated rings. The van der Waals surface area contributed by atoms with Crippen LogP contribution < -0.4 is 15.1 Å². The van der Waals surface area contributed by atoms with Crippen molar-refractivity contribution in [2.24, 2.45) is 0 Å². The van der Waals surface area contributed by atoms with E-state index in [1.54, 1.807) is 46.9 Å². The number of amides is 1. The maximum Gasteiger partial charge on any atom is 0.411 e. The van der Waals surface area contributed by atoms with Gasteiger partial charge in [0.05, 0.1) is 7.11 Å². The Morgan fingerprint density at radius 2 is 1.80 bits per heavy atom. The fourth-order valence-corrected chi connectivity index (χ4v) is 4.19. The number of nitrogens with zero attached hydrogens (tertiary/aromatic N) is 1. The highest BCUT2D eigenvalue weighted by Gasteiger charge is 2.38. The monoisotopic (exact) mass is 479 g/mol. The molecular formula is C27H29NO7. The summed E-state index contributed by atoms with van der Waals surface area (Å²) in [5.41, 5.74) is 1.21. The Hall–Kier alpha value is -3.81. The van der Waals surface area contributed by atoms with Gasteiger partial charge in [0.1, 0.15) is 28.7 Å². The quantitative estimate of drug-likeness (QED) is 0.292. The first-order valence-corrected chi connectivity index (χ1v) is 11.5. The fourth-order valence-electron chi connectivity index (χ4n) is 4.19. The molecule has 3 aromatic rings. The first kappa shape index (κ1) is 24.3. The number of likely N-dealkylation sites (tertiary alicyclic amines) is 1. The number of aryl methyl sites for hydroxylation is 1. The van der Waals surface area contributed by atoms with Gasteiger partial charge in [-0.1, -0.05) is 12.1 Å². The molecule has 1 amide bonds. The zero-order chi connectivity index (χ0) is 25.3. The Balaban J connectivity index is 1.63. The lowest BCUT2D eigenvalue weighted by molar-refractivity contribution is -0.139. The van der Waals surface area contributed by atoms with E-state index in [1.165, 1.54) is 11.0 Å². The molecule has 0 N–H and O–H groups in total. The zero-order valence-electron chi connectivity index (χ0n) is 20.5. The maximum absolute atomic E-state index is 13.0. The number of methoxy groups -OCH3 is 1. The normalized spacial score (nSPS) is 15.8. The molecule has 0 aliphatic carbocycles. The first-order valence-electron chi connectivity index (χ1n) is 11.5. The lowest BCUT2D eigenvalue weighted by Gasteiger charge is -2.27. The number of rotatable bonds is 4. The molecule has 35 heavy (non-hydrogen) atoms. The van der Waals surface area contributed by atoms with Crippen molar-refractivity contribution in [2.75, 3.05) is 13.7 Å². The summed E-state index contributed by atoms with van der Waals surface area (Å²) < 4.78 is 21.9. The maximum atomic E-state index is 13.0. The highest BCUT2D eigenvalue weighted by atomic mass is 16.6. The molecule has 2 aromatic carbocycles. The number of carbonyl (C=O) groups is 2. The van der Waals surface area contributed by atoms with Crippen molar-refractivity contribution in [2.45, 2.75) is 52.2 Å². The molecular weight excluding hydrogens is 450 g/mol. The number of hydrogen-bond acceptors (Lipinski definition) is 7. The molecule has 1 aromatic heterocycles. The molecule has 2 heterocycles. The van der Waals surface area contributed by atoms with Crippen LogP contribution >= 0.6 is 0 Å². The molecule has 0 radical (unpaired) electrons. The number of hydrogen-bond donors (Lipinski definition) is 0. The van der Waals surface area contributed by atoms with Crippen molar-refractivity contribution in [3.05, 3.63) is 58.4 Å². The van der Waals surface area contributed by atoms with Gasteiger partial charge in [-0.25, -0.2) is 14.4 Å². The van der Waals surface area contributed by atoms with Crippen molar-refractivity contribution < 1.29 is 28.2 Å². The van der Waals surface area contributed by atoms with E-state index in [-0.39, 0.29) is 5.75 Å². The molecule has 4 rings (SSSR count). The SMILES string of the molecule is COc1ccc(-c2cc(=O)oc3c(C)c(OC(=O)C4CCCN4C(=O)OC(C)(C)C)ccc23)cc1. The lowest BCUT2D eigenvalue weighted by Crippen LogP contribution is -2.44. The molecule has 0 spiro atoms. The summed E-state index contributed by atoms with van der Waals surface area (Å²) in [4.78, 5) is 39.4. The molecule has 0 saturated carbocycles. The average molecular weight is 480 g/mol. The molecule has 184 valence electrons. The van der Waals surface area contributed by atoms with Crippen molar-refractivity contribution in [3.63, 3.8) is 0 Å². The summed E-state index contributed by atoms with van der Waals surface area (Å²) in [6.07, 6.45) is 0.624. The highest BCUT2D eigenvalue weighted by molar-refractivity contribution is 5.96. The van der Waals surface area contributed by atoms with Gasteiger partial charge in [0.15, 0.2) is 0 Å². The van der Waals surface area contributed by atoms with Crippen molar-refractivity contribution >= 4 is 23.0 Å². The third-order valence-corrected chi connectivity index (χ3v) is 5.88. The molecule has 8 nitrogen and oxygen atoms in total. The number of benzene rings is 2. The van der Waals surface area contributed by atoms with Gasteiger partial charge in [-0.05, 0) is 75.9 Å². The van der Waals surface area contributed by atoms with Gasteiger partial charge in [-0.15, -0.1) is 0 Å². The van der Waals surface area contributed by atoms with Gasteiger partial charge in [0, 0.05) is 23.6 Å². The third kappa shape index (κ3) is 5.16. The van der Waals surface area contributed by atoms with Gasteiger partial charge in [0.25, 0.3) is 0 Å². The van der Waals surface area contributed by atoms with E-state index in [1.807, 2.05) is 24.3 Å². The molecule has 1 saturated heterocycles. The molecule has 0 bridgehead atoms. The van der Waals surface area contributed by atoms with Crippen LogP contribution in [0.4, 0.5) is 4.79 Å². The predicted octanol–water partition coefficient (Wildman–Crippen LogP) is 5.08. The molecule has 1 aliphatic rings. The highest BCUT2D eigenvalue weighted by Crippen LogP contribution is 2.34. The molecule has 8 heteroatoms. The zero-order valence-corrected chi connectivity index (χ0v) is 20.5. The van der Waals surface area contributed by atoms with Gasteiger partial charge in [-0.3, -0.25) is 4.90 Å². The van der Waals surface area contributed by atoms with E-state index in [0.717, 1.165) is 5.56 Å². The number of esters is 1. The first-order chi connectivity index (χ1) is 16.6. The van der Waals surface area contributed by atoms with Crippen LogP contribution in [-0.4, -0.2) is 42.3 Å². The minimum Gasteiger partial charge on any atom is -0.497 e. The van der Waals surface area contributed by atoms with Crippen LogP contribution in [0.5, 0.6) is 11.5 Å². The fraction of sp³-hybridized carbons (Fsp3) is 0.370. The van der Waals surface area contributed by atoms with Crippen LogP contribution in [0.2, 0.25) is 0 Å². The standard InChI is InChI=1S/C27H29NO7/c1-16-22(33-25(30)21-7-6-14-28(21)26(31)35-27(2,3)4)13-12-19-20(15-23(29)34-24(16)19)17-8-10-18(32-5)11-9-17/h8-13,15,21H,6-7,14H2,1-5H3. The van der Waals surface area contributed by atoms with Crippen molar-refractivity contribution in [1.82, 2.24) is 4.90 Å². The van der Waals surface area contributed by atoms with Gasteiger partial charge in [-0.2, -0.15) is 0 Å². The summed E-state index contributed by atoms with van der Waals surface area (Å²) in [6, 6.07) is 11.5. The van der Waals surface area contributed by atoms with Crippen LogP contribution in [0.25, 0.3) is 22.1 Å². The second-order valence-corrected chi connectivity index (χ2v) is 9.53. The minimum absolute atomic E-state index is 0.272. The number of fused-ring (bicyclic) bond motifs is 1. The van der Waals surface area contributed by atoms with Crippen molar-refractivity contribution in [3.8, 4) is 22.6 Å². The van der Waals surface area contributed by atoms with E-state index >= 15 is 0 Å². The second kappa shape index (κ2) is 9.44. The smallest absolute Gasteiger partial charge is 0.411 e. The Labute approximate surface area is 203 Å². The van der Waals surface area contributed by atoms with Gasteiger partial charge < -0.3 is 18.6 Å². The van der Waals surface area contributed by atoms with Crippen LogP contribution in [-0.2, 0) is 9.53 Å². The van der Waals surface area contributed by atoms with E-state index in [2.05, 4.69) is 0 Å². The van der Waals surface area contributed by atoms with Crippen LogP contribution in [0.1, 0.15) is 39.2 Å². The van der Waals surface area contributed by atoms with Gasteiger partial charge in [0.2, 0.25) is 0 Å². The van der Waals surface area contributed by atoms with E-state index in [9.17, 15) is 14.4 Å². The van der Waals surface area contributed by atoms with Crippen LogP contribution in [0.15, 0.2) is 51.7 Å². The summed E-state index contributed by atoms with van der Waals surface area (Å²) in [7, 11) is 1.59. The number of carbonyl (C=O) groups excluding carboxylic acids is 2. The van der Waals surface area contributed by atoms with E-state index in [4.69, 9.17) is 18.6 Å². The Morgan fingerprint density at radius 3 is 2.46 bits per heavy atom. The van der Waals surface area contributed by atoms with Crippen molar-refractivity contribution in [1.29, 1.82) is 0 Å². The van der Waals surface area contributed by atoms with Gasteiger partial charge >= 0.3 is 17.7 Å². The van der Waals surface area contributed by atoms with Crippen LogP contribution in [0, 0.1) is 6.92 Å². The Kier molecular flexibility index (Phi) is 6.56. The molecule has 1 atom stereocenters. The number of ether oxygens (including phenoxy) is 3. The average Bonchev–Trinajstić information content (AvgIpc) is 3.30. The lowest BCUT2D eigenvalue weighted by atomic mass is 10.00. The molecule has 1 unspecified atom stereocenters. The minimum atomic E-state index is -0.738. The topological polar surface area (TPSA) is 95.3 Å². The summed E-state index contributed by atoms with van der Waals surface area (Å²) in [6.45, 7) is 7.49. The Morgan fingerprint density at radius 1 is 1.09 bits per heavy atom. The van der Waals surface area contributed by atoms with E-state index < -0.39 is 29.3 Å². The predicted molar refractivity (Wildman–Crippen MR) is 131 cm³/mol. The summed E-state index contributed by atoms with van der Waals surface area (Å²) >= 11 is 0. The molecule has 1 aliphatic heterocycles. The largest absolute Gasteiger partial charge is 0.497 e. The summed E-state index contributed by atoms with van der Waals surface area (Å²) in [5.74, 6) is 0.428. The van der Waals surface area contributed by atoms with E-state index in [0.29, 0.717) is 47.2 Å². The van der Waals surface area contributed by atoms with Crippen LogP contribution in [0.3, 0.4) is 0 Å². The Bertz CT molecular complexity index is 1320. The second-order valence-electron chi connectivity index (χ2n) is 9.53.